The molecule has 8 heteroatoms. The molecule has 3 aliphatic heterocycles. The summed E-state index contributed by atoms with van der Waals surface area (Å²) in [5.74, 6) is 0.0732. The normalized spacial score (nSPS) is 30.1. The summed E-state index contributed by atoms with van der Waals surface area (Å²) < 4.78 is 5.42. The molecule has 3 aliphatic rings. The van der Waals surface area contributed by atoms with Crippen molar-refractivity contribution in [1.82, 2.24) is 14.8 Å². The number of ether oxygens (including phenoxy) is 1. The van der Waals surface area contributed by atoms with E-state index in [4.69, 9.17) is 4.74 Å². The molecule has 4 rings (SSSR count). The van der Waals surface area contributed by atoms with Crippen molar-refractivity contribution < 1.29 is 14.6 Å². The third-order valence-electron chi connectivity index (χ3n) is 6.23. The lowest BCUT2D eigenvalue weighted by Gasteiger charge is -2.50. The highest BCUT2D eigenvalue weighted by Gasteiger charge is 2.46. The zero-order valence-electron chi connectivity index (χ0n) is 16.3. The lowest BCUT2D eigenvalue weighted by atomic mass is 9.71. The Balaban J connectivity index is 1.51. The van der Waals surface area contributed by atoms with Gasteiger partial charge in [-0.3, -0.25) is 4.79 Å². The quantitative estimate of drug-likeness (QED) is 0.813. The number of rotatable bonds is 2. The molecule has 150 valence electrons. The molecule has 0 aromatic carbocycles. The van der Waals surface area contributed by atoms with Gasteiger partial charge >= 0.3 is 0 Å². The van der Waals surface area contributed by atoms with E-state index in [-0.39, 0.29) is 17.4 Å². The molecule has 0 aliphatic carbocycles. The number of carbonyl (C=O) groups is 1. The number of piperidine rings is 2. The van der Waals surface area contributed by atoms with Crippen LogP contribution >= 0.6 is 11.3 Å². The van der Waals surface area contributed by atoms with Gasteiger partial charge in [-0.1, -0.05) is 11.3 Å². The number of likely N-dealkylation sites (tertiary alicyclic amines) is 2. The Morgan fingerprint density at radius 2 is 2.04 bits per heavy atom. The van der Waals surface area contributed by atoms with E-state index >= 15 is 0 Å². The molecule has 3 saturated heterocycles. The fourth-order valence-electron chi connectivity index (χ4n) is 4.72. The van der Waals surface area contributed by atoms with Crippen LogP contribution in [0.3, 0.4) is 0 Å². The van der Waals surface area contributed by atoms with E-state index < -0.39 is 0 Å². The van der Waals surface area contributed by atoms with Crippen LogP contribution in [0.2, 0.25) is 0 Å². The minimum atomic E-state index is -0.323. The average molecular weight is 395 g/mol. The highest BCUT2D eigenvalue weighted by Crippen LogP contribution is 2.39. The van der Waals surface area contributed by atoms with Gasteiger partial charge in [-0.05, 0) is 33.2 Å². The number of hydrogen-bond acceptors (Lipinski definition) is 7. The van der Waals surface area contributed by atoms with Gasteiger partial charge in [-0.15, -0.1) is 0 Å². The molecule has 0 radical (unpaired) electrons. The number of aliphatic hydroxyl groups is 1. The maximum atomic E-state index is 13.3. The van der Waals surface area contributed by atoms with Gasteiger partial charge < -0.3 is 24.5 Å². The molecule has 1 aromatic rings. The molecule has 1 N–H and O–H groups in total. The molecule has 27 heavy (non-hydrogen) atoms. The van der Waals surface area contributed by atoms with Crippen LogP contribution in [0.4, 0.5) is 5.13 Å². The summed E-state index contributed by atoms with van der Waals surface area (Å²) in [5.41, 5.74) is 0.624. The van der Waals surface area contributed by atoms with E-state index in [1.165, 1.54) is 11.3 Å². The van der Waals surface area contributed by atoms with Crippen LogP contribution in [0.25, 0.3) is 0 Å². The summed E-state index contributed by atoms with van der Waals surface area (Å²) in [6, 6.07) is 0. The van der Waals surface area contributed by atoms with Gasteiger partial charge in [0.1, 0.15) is 4.88 Å². The van der Waals surface area contributed by atoms with Crippen LogP contribution in [-0.2, 0) is 4.74 Å². The summed E-state index contributed by atoms with van der Waals surface area (Å²) in [4.78, 5) is 25.1. The van der Waals surface area contributed by atoms with Crippen molar-refractivity contribution in [1.29, 1.82) is 0 Å². The van der Waals surface area contributed by atoms with E-state index in [9.17, 15) is 9.90 Å². The standard InChI is InChI=1S/C19H30N4O3S/c1-14-16(27-18(20-14)22-8-10-26-11-9-22)17(25)23-6-3-5-19(13-23)12-21(2)7-4-15(19)24/h15,24H,3-13H2,1-2H3/t15-,19-/m0/s1. The SMILES string of the molecule is Cc1nc(N2CCOCC2)sc1C(=O)N1CCC[C@]2(CN(C)CC[C@@H]2O)C1. The van der Waals surface area contributed by atoms with E-state index in [1.54, 1.807) is 0 Å². The molecule has 0 saturated carbocycles. The predicted octanol–water partition coefficient (Wildman–Crippen LogP) is 1.21. The third-order valence-corrected chi connectivity index (χ3v) is 7.44. The molecular weight excluding hydrogens is 364 g/mol. The highest BCUT2D eigenvalue weighted by atomic mass is 32.1. The molecule has 1 spiro atoms. The Hall–Kier alpha value is -1.22. The first kappa shape index (κ1) is 19.1. The zero-order valence-corrected chi connectivity index (χ0v) is 17.1. The van der Waals surface area contributed by atoms with Crippen molar-refractivity contribution in [2.75, 3.05) is 64.4 Å². The number of carbonyl (C=O) groups excluding carboxylic acids is 1. The summed E-state index contributed by atoms with van der Waals surface area (Å²) in [5, 5.41) is 11.6. The van der Waals surface area contributed by atoms with Crippen molar-refractivity contribution in [2.24, 2.45) is 5.41 Å². The maximum absolute atomic E-state index is 13.3. The Morgan fingerprint density at radius 3 is 2.81 bits per heavy atom. The fraction of sp³-hybridized carbons (Fsp3) is 0.789. The zero-order chi connectivity index (χ0) is 19.0. The van der Waals surface area contributed by atoms with Gasteiger partial charge in [0.2, 0.25) is 0 Å². The summed E-state index contributed by atoms with van der Waals surface area (Å²) in [6.07, 6.45) is 2.41. The molecule has 2 atom stereocenters. The van der Waals surface area contributed by atoms with Gasteiger partial charge in [0.25, 0.3) is 5.91 Å². The number of amides is 1. The average Bonchev–Trinajstić information content (AvgIpc) is 3.07. The molecule has 0 unspecified atom stereocenters. The number of thiazole rings is 1. The minimum absolute atomic E-state index is 0.0732. The molecule has 1 amide bonds. The van der Waals surface area contributed by atoms with Crippen LogP contribution in [0.15, 0.2) is 0 Å². The number of morpholine rings is 1. The van der Waals surface area contributed by atoms with Crippen molar-refractivity contribution in [2.45, 2.75) is 32.3 Å². The molecule has 3 fully saturated rings. The molecule has 4 heterocycles. The Morgan fingerprint density at radius 1 is 1.26 bits per heavy atom. The van der Waals surface area contributed by atoms with Gasteiger partial charge in [0, 0.05) is 44.7 Å². The summed E-state index contributed by atoms with van der Waals surface area (Å²) >= 11 is 1.50. The van der Waals surface area contributed by atoms with Crippen LogP contribution in [-0.4, -0.2) is 91.4 Å². The van der Waals surface area contributed by atoms with Gasteiger partial charge in [-0.2, -0.15) is 0 Å². The minimum Gasteiger partial charge on any atom is -0.392 e. The molecular formula is C19H30N4O3S. The van der Waals surface area contributed by atoms with Crippen LogP contribution < -0.4 is 4.90 Å². The predicted molar refractivity (Wildman–Crippen MR) is 106 cm³/mol. The number of aryl methyl sites for hydroxylation is 1. The van der Waals surface area contributed by atoms with E-state index in [1.807, 2.05) is 11.8 Å². The molecule has 0 bridgehead atoms. The number of anilines is 1. The number of nitrogens with zero attached hydrogens (tertiary/aromatic N) is 4. The Labute approximate surface area is 164 Å². The number of aliphatic hydroxyl groups excluding tert-OH is 1. The second kappa shape index (κ2) is 7.66. The lowest BCUT2D eigenvalue weighted by Crippen LogP contribution is -2.59. The van der Waals surface area contributed by atoms with Crippen molar-refractivity contribution >= 4 is 22.4 Å². The van der Waals surface area contributed by atoms with E-state index in [0.717, 1.165) is 67.7 Å². The van der Waals surface area contributed by atoms with Crippen molar-refractivity contribution in [3.63, 3.8) is 0 Å². The van der Waals surface area contributed by atoms with Crippen LogP contribution in [0.1, 0.15) is 34.6 Å². The third kappa shape index (κ3) is 3.72. The Bertz CT molecular complexity index is 690. The molecule has 7 nitrogen and oxygen atoms in total. The first-order valence-electron chi connectivity index (χ1n) is 9.94. The first-order valence-corrected chi connectivity index (χ1v) is 10.8. The van der Waals surface area contributed by atoms with Crippen LogP contribution in [0.5, 0.6) is 0 Å². The van der Waals surface area contributed by atoms with Gasteiger partial charge in [0.15, 0.2) is 5.13 Å². The van der Waals surface area contributed by atoms with Crippen molar-refractivity contribution in [3.8, 4) is 0 Å². The Kier molecular flexibility index (Phi) is 5.42. The van der Waals surface area contributed by atoms with Gasteiger partial charge in [-0.25, -0.2) is 4.98 Å². The second-order valence-electron chi connectivity index (χ2n) is 8.25. The van der Waals surface area contributed by atoms with Crippen molar-refractivity contribution in [3.05, 3.63) is 10.6 Å². The number of aromatic nitrogens is 1. The first-order chi connectivity index (χ1) is 13.0. The number of hydrogen-bond donors (Lipinski definition) is 1. The van der Waals surface area contributed by atoms with Gasteiger partial charge in [0.05, 0.1) is 25.0 Å². The largest absolute Gasteiger partial charge is 0.392 e. The molecule has 1 aromatic heterocycles. The summed E-state index contributed by atoms with van der Waals surface area (Å²) in [6.45, 7) is 8.19. The summed E-state index contributed by atoms with van der Waals surface area (Å²) in [7, 11) is 2.11. The van der Waals surface area contributed by atoms with E-state index in [0.29, 0.717) is 19.8 Å². The monoisotopic (exact) mass is 394 g/mol. The van der Waals surface area contributed by atoms with Crippen LogP contribution in [0, 0.1) is 12.3 Å². The highest BCUT2D eigenvalue weighted by molar-refractivity contribution is 7.17. The fourth-order valence-corrected chi connectivity index (χ4v) is 5.81. The second-order valence-corrected chi connectivity index (χ2v) is 9.22. The smallest absolute Gasteiger partial charge is 0.265 e. The maximum Gasteiger partial charge on any atom is 0.265 e. The topological polar surface area (TPSA) is 69.1 Å². The van der Waals surface area contributed by atoms with E-state index in [2.05, 4.69) is 21.8 Å². The lowest BCUT2D eigenvalue weighted by molar-refractivity contribution is -0.0730.